The number of carbonyl (C=O) groups is 2. The van der Waals surface area contributed by atoms with Crippen molar-refractivity contribution in [2.24, 2.45) is 0 Å². The van der Waals surface area contributed by atoms with Gasteiger partial charge in [0.25, 0.3) is 5.91 Å². The molecule has 1 aromatic carbocycles. The molecule has 2 rings (SSSR count). The van der Waals surface area contributed by atoms with Gasteiger partial charge in [0.2, 0.25) is 0 Å². The smallest absolute Gasteiger partial charge is 0.349 e. The molecule has 0 bridgehead atoms. The van der Waals surface area contributed by atoms with Crippen LogP contribution >= 0.6 is 23.1 Å². The van der Waals surface area contributed by atoms with Crippen LogP contribution in [0.3, 0.4) is 0 Å². The molecule has 126 valence electrons. The number of nitrogens with one attached hydrogen (secondary N) is 1. The van der Waals surface area contributed by atoms with Crippen molar-refractivity contribution in [3.05, 3.63) is 57.5 Å². The van der Waals surface area contributed by atoms with Gasteiger partial charge < -0.3 is 10.1 Å². The summed E-state index contributed by atoms with van der Waals surface area (Å²) in [6.45, 7) is 0.0287. The number of thioether (sulfide) groups is 1. The highest BCUT2D eigenvalue weighted by Crippen LogP contribution is 2.24. The minimum absolute atomic E-state index is 0.0918. The second-order valence-corrected chi connectivity index (χ2v) is 6.71. The number of nitrogens with zero attached hydrogens (tertiary/aromatic N) is 1. The second kappa shape index (κ2) is 9.04. The SMILES string of the molecule is O=C(COC(=O)c1ccc([N+](=O)[O-])s1)NCCSc1ccccc1. The molecule has 0 aliphatic carbocycles. The van der Waals surface area contributed by atoms with E-state index in [-0.39, 0.29) is 9.88 Å². The summed E-state index contributed by atoms with van der Waals surface area (Å²) in [6.07, 6.45) is 0. The fourth-order valence-corrected chi connectivity index (χ4v) is 3.17. The lowest BCUT2D eigenvalue weighted by Crippen LogP contribution is -2.30. The zero-order chi connectivity index (χ0) is 17.4. The van der Waals surface area contributed by atoms with E-state index in [1.807, 2.05) is 30.3 Å². The lowest BCUT2D eigenvalue weighted by Gasteiger charge is -2.06. The van der Waals surface area contributed by atoms with Crippen LogP contribution in [0.2, 0.25) is 0 Å². The first kappa shape index (κ1) is 18.0. The van der Waals surface area contributed by atoms with E-state index in [0.29, 0.717) is 23.6 Å². The van der Waals surface area contributed by atoms with Crippen LogP contribution in [-0.2, 0) is 9.53 Å². The molecule has 0 atom stereocenters. The molecular formula is C15H14N2O5S2. The minimum atomic E-state index is -0.748. The molecule has 1 heterocycles. The molecule has 0 aliphatic heterocycles. The normalized spacial score (nSPS) is 10.2. The lowest BCUT2D eigenvalue weighted by atomic mass is 10.4. The van der Waals surface area contributed by atoms with Crippen LogP contribution in [0, 0.1) is 10.1 Å². The van der Waals surface area contributed by atoms with Crippen molar-refractivity contribution in [1.82, 2.24) is 5.32 Å². The summed E-state index contributed by atoms with van der Waals surface area (Å²) < 4.78 is 4.83. The number of rotatable bonds is 8. The predicted molar refractivity (Wildman–Crippen MR) is 91.4 cm³/mol. The van der Waals surface area contributed by atoms with Crippen LogP contribution in [0.5, 0.6) is 0 Å². The van der Waals surface area contributed by atoms with E-state index in [9.17, 15) is 19.7 Å². The molecule has 2 aromatic rings. The summed E-state index contributed by atoms with van der Waals surface area (Å²) in [5.41, 5.74) is 0. The van der Waals surface area contributed by atoms with Crippen molar-refractivity contribution in [1.29, 1.82) is 0 Å². The third kappa shape index (κ3) is 5.67. The largest absolute Gasteiger partial charge is 0.451 e. The Morgan fingerprint density at radius 1 is 1.21 bits per heavy atom. The fraction of sp³-hybridized carbons (Fsp3) is 0.200. The number of ether oxygens (including phenoxy) is 1. The molecule has 0 aliphatic rings. The van der Waals surface area contributed by atoms with Gasteiger partial charge in [0, 0.05) is 23.3 Å². The van der Waals surface area contributed by atoms with E-state index in [4.69, 9.17) is 4.74 Å². The molecule has 0 fully saturated rings. The molecule has 0 radical (unpaired) electrons. The number of thiophene rings is 1. The maximum absolute atomic E-state index is 11.7. The third-order valence-corrected chi connectivity index (χ3v) is 4.77. The topological polar surface area (TPSA) is 98.5 Å². The van der Waals surface area contributed by atoms with Crippen molar-refractivity contribution in [2.45, 2.75) is 4.90 Å². The Bertz CT molecular complexity index is 718. The Morgan fingerprint density at radius 3 is 2.62 bits per heavy atom. The van der Waals surface area contributed by atoms with E-state index >= 15 is 0 Å². The van der Waals surface area contributed by atoms with Crippen molar-refractivity contribution in [3.63, 3.8) is 0 Å². The highest BCUT2D eigenvalue weighted by Gasteiger charge is 2.17. The van der Waals surface area contributed by atoms with Crippen LogP contribution in [0.25, 0.3) is 0 Å². The van der Waals surface area contributed by atoms with Crippen LogP contribution in [0.4, 0.5) is 5.00 Å². The highest BCUT2D eigenvalue weighted by atomic mass is 32.2. The summed E-state index contributed by atoms with van der Waals surface area (Å²) in [5.74, 6) is -0.467. The average Bonchev–Trinajstić information content (AvgIpc) is 3.08. The predicted octanol–water partition coefficient (Wildman–Crippen LogP) is 2.72. The van der Waals surface area contributed by atoms with E-state index in [1.54, 1.807) is 11.8 Å². The lowest BCUT2D eigenvalue weighted by molar-refractivity contribution is -0.380. The van der Waals surface area contributed by atoms with Crippen LogP contribution < -0.4 is 5.32 Å². The zero-order valence-electron chi connectivity index (χ0n) is 12.5. The molecule has 0 spiro atoms. The van der Waals surface area contributed by atoms with E-state index in [1.165, 1.54) is 12.1 Å². The highest BCUT2D eigenvalue weighted by molar-refractivity contribution is 7.99. The number of hydrogen-bond donors (Lipinski definition) is 1. The zero-order valence-corrected chi connectivity index (χ0v) is 14.1. The monoisotopic (exact) mass is 366 g/mol. The van der Waals surface area contributed by atoms with Gasteiger partial charge in [-0.1, -0.05) is 29.5 Å². The van der Waals surface area contributed by atoms with E-state index in [2.05, 4.69) is 5.32 Å². The summed E-state index contributed by atoms with van der Waals surface area (Å²) in [5, 5.41) is 13.0. The second-order valence-electron chi connectivity index (χ2n) is 4.48. The van der Waals surface area contributed by atoms with Gasteiger partial charge in [-0.25, -0.2) is 4.79 Å². The standard InChI is InChI=1S/C15H14N2O5S2/c18-13(16-8-9-23-11-4-2-1-3-5-11)10-22-15(19)12-6-7-14(24-12)17(20)21/h1-7H,8-10H2,(H,16,18). The van der Waals surface area contributed by atoms with Gasteiger partial charge >= 0.3 is 11.0 Å². The van der Waals surface area contributed by atoms with Crippen molar-refractivity contribution in [3.8, 4) is 0 Å². The van der Waals surface area contributed by atoms with Gasteiger partial charge in [-0.2, -0.15) is 0 Å². The Balaban J connectivity index is 1.65. The van der Waals surface area contributed by atoms with Crippen LogP contribution in [0.15, 0.2) is 47.4 Å². The molecule has 24 heavy (non-hydrogen) atoms. The summed E-state index contributed by atoms with van der Waals surface area (Å²) in [7, 11) is 0. The minimum Gasteiger partial charge on any atom is -0.451 e. The summed E-state index contributed by atoms with van der Waals surface area (Å²) >= 11 is 2.32. The van der Waals surface area contributed by atoms with Crippen molar-refractivity contribution < 1.29 is 19.2 Å². The molecule has 1 N–H and O–H groups in total. The molecule has 9 heteroatoms. The van der Waals surface area contributed by atoms with E-state index in [0.717, 1.165) is 4.90 Å². The third-order valence-electron chi connectivity index (χ3n) is 2.74. The number of nitro groups is 1. The van der Waals surface area contributed by atoms with E-state index < -0.39 is 23.4 Å². The Kier molecular flexibility index (Phi) is 6.76. The van der Waals surface area contributed by atoms with Gasteiger partial charge in [0.1, 0.15) is 4.88 Å². The Hall–Kier alpha value is -2.39. The van der Waals surface area contributed by atoms with Crippen LogP contribution in [0.1, 0.15) is 9.67 Å². The Labute approximate surface area is 146 Å². The van der Waals surface area contributed by atoms with Crippen LogP contribution in [-0.4, -0.2) is 35.7 Å². The van der Waals surface area contributed by atoms with Gasteiger partial charge in [0.15, 0.2) is 6.61 Å². The van der Waals surface area contributed by atoms with Crippen molar-refractivity contribution >= 4 is 40.0 Å². The molecule has 0 saturated heterocycles. The van der Waals surface area contributed by atoms with Gasteiger partial charge in [-0.3, -0.25) is 14.9 Å². The first-order valence-corrected chi connectivity index (χ1v) is 8.72. The maximum atomic E-state index is 11.7. The molecule has 0 saturated carbocycles. The number of esters is 1. The average molecular weight is 366 g/mol. The fourth-order valence-electron chi connectivity index (χ4n) is 1.66. The number of benzene rings is 1. The first-order chi connectivity index (χ1) is 11.6. The number of carbonyl (C=O) groups excluding carboxylic acids is 2. The Morgan fingerprint density at radius 2 is 1.96 bits per heavy atom. The summed E-state index contributed by atoms with van der Waals surface area (Å²) in [6, 6.07) is 12.3. The molecular weight excluding hydrogens is 352 g/mol. The number of hydrogen-bond acceptors (Lipinski definition) is 7. The molecule has 7 nitrogen and oxygen atoms in total. The molecule has 0 unspecified atom stereocenters. The van der Waals surface area contributed by atoms with Gasteiger partial charge in [-0.05, 0) is 18.2 Å². The first-order valence-electron chi connectivity index (χ1n) is 6.92. The molecule has 1 amide bonds. The maximum Gasteiger partial charge on any atom is 0.349 e. The van der Waals surface area contributed by atoms with Gasteiger partial charge in [-0.15, -0.1) is 11.8 Å². The summed E-state index contributed by atoms with van der Waals surface area (Å²) in [4.78, 5) is 34.4. The van der Waals surface area contributed by atoms with Gasteiger partial charge in [0.05, 0.1) is 4.92 Å². The number of amides is 1. The molecule has 1 aromatic heterocycles. The quantitative estimate of drug-likeness (QED) is 0.254. The van der Waals surface area contributed by atoms with Crippen molar-refractivity contribution in [2.75, 3.05) is 18.9 Å².